The molecule has 1 saturated heterocycles. The van der Waals surface area contributed by atoms with Crippen LogP contribution in [0.4, 0.5) is 0 Å². The highest BCUT2D eigenvalue weighted by Gasteiger charge is 2.22. The number of amides is 1. The van der Waals surface area contributed by atoms with Crippen molar-refractivity contribution in [3.05, 3.63) is 58.5 Å². The van der Waals surface area contributed by atoms with Gasteiger partial charge in [-0.05, 0) is 59.6 Å². The van der Waals surface area contributed by atoms with E-state index in [4.69, 9.17) is 4.42 Å². The first kappa shape index (κ1) is 15.3. The van der Waals surface area contributed by atoms with E-state index in [-0.39, 0.29) is 11.9 Å². The van der Waals surface area contributed by atoms with E-state index in [0.29, 0.717) is 10.4 Å². The molecule has 1 aromatic carbocycles. The van der Waals surface area contributed by atoms with Crippen molar-refractivity contribution in [2.24, 2.45) is 0 Å². The predicted octanol–water partition coefficient (Wildman–Crippen LogP) is 3.61. The van der Waals surface area contributed by atoms with Crippen LogP contribution >= 0.6 is 15.9 Å². The van der Waals surface area contributed by atoms with Gasteiger partial charge in [0.05, 0.1) is 6.04 Å². The second-order valence-corrected chi connectivity index (χ2v) is 6.33. The van der Waals surface area contributed by atoms with Crippen LogP contribution in [0.15, 0.2) is 51.6 Å². The van der Waals surface area contributed by atoms with Crippen molar-refractivity contribution in [2.45, 2.75) is 18.9 Å². The van der Waals surface area contributed by atoms with Crippen molar-refractivity contribution in [1.82, 2.24) is 10.2 Å². The van der Waals surface area contributed by atoms with E-state index in [9.17, 15) is 4.79 Å². The summed E-state index contributed by atoms with van der Waals surface area (Å²) in [6, 6.07) is 13.5. The fourth-order valence-electron chi connectivity index (χ4n) is 2.81. The summed E-state index contributed by atoms with van der Waals surface area (Å²) in [5.74, 6) is 0.146. The van der Waals surface area contributed by atoms with Crippen LogP contribution in [0.5, 0.6) is 0 Å². The summed E-state index contributed by atoms with van der Waals surface area (Å²) < 4.78 is 5.91. The van der Waals surface area contributed by atoms with Crippen molar-refractivity contribution in [3.63, 3.8) is 0 Å². The van der Waals surface area contributed by atoms with Crippen LogP contribution in [-0.2, 0) is 0 Å². The Balaban J connectivity index is 1.74. The lowest BCUT2D eigenvalue weighted by atomic mass is 10.1. The molecule has 22 heavy (non-hydrogen) atoms. The zero-order chi connectivity index (χ0) is 15.4. The zero-order valence-corrected chi connectivity index (χ0v) is 13.9. The molecule has 116 valence electrons. The van der Waals surface area contributed by atoms with Crippen LogP contribution in [0, 0.1) is 0 Å². The van der Waals surface area contributed by atoms with Crippen LogP contribution in [0.3, 0.4) is 0 Å². The highest BCUT2D eigenvalue weighted by atomic mass is 79.9. The van der Waals surface area contributed by atoms with Crippen LogP contribution in [0.1, 0.15) is 35.0 Å². The number of rotatable bonds is 5. The van der Waals surface area contributed by atoms with E-state index in [1.807, 2.05) is 18.2 Å². The Morgan fingerprint density at radius 2 is 1.91 bits per heavy atom. The van der Waals surface area contributed by atoms with Gasteiger partial charge in [-0.2, -0.15) is 0 Å². The molecule has 1 aliphatic rings. The van der Waals surface area contributed by atoms with Gasteiger partial charge in [-0.25, -0.2) is 0 Å². The average Bonchev–Trinajstić information content (AvgIpc) is 3.19. The van der Waals surface area contributed by atoms with Gasteiger partial charge in [-0.1, -0.05) is 30.3 Å². The minimum absolute atomic E-state index is 0.0318. The molecule has 1 unspecified atom stereocenters. The van der Waals surface area contributed by atoms with Gasteiger partial charge in [-0.15, -0.1) is 0 Å². The SMILES string of the molecule is O=C(NC(CN1CCCC1)c1ccccc1)c1ccc(Br)o1. The molecule has 1 amide bonds. The zero-order valence-electron chi connectivity index (χ0n) is 12.3. The second kappa shape index (κ2) is 7.11. The third kappa shape index (κ3) is 3.78. The number of nitrogens with zero attached hydrogens (tertiary/aromatic N) is 1. The van der Waals surface area contributed by atoms with Crippen molar-refractivity contribution in [1.29, 1.82) is 0 Å². The molecule has 1 N–H and O–H groups in total. The highest BCUT2D eigenvalue weighted by molar-refractivity contribution is 9.10. The molecule has 0 radical (unpaired) electrons. The molecule has 2 aromatic rings. The summed E-state index contributed by atoms with van der Waals surface area (Å²) >= 11 is 3.23. The summed E-state index contributed by atoms with van der Waals surface area (Å²) in [6.07, 6.45) is 2.47. The maximum Gasteiger partial charge on any atom is 0.287 e. The molecule has 0 aliphatic carbocycles. The molecule has 1 aromatic heterocycles. The molecule has 1 fully saturated rings. The number of hydrogen-bond acceptors (Lipinski definition) is 3. The first-order valence-electron chi connectivity index (χ1n) is 7.56. The molecule has 2 heterocycles. The molecule has 1 aliphatic heterocycles. The number of furan rings is 1. The second-order valence-electron chi connectivity index (χ2n) is 5.55. The van der Waals surface area contributed by atoms with Crippen molar-refractivity contribution < 1.29 is 9.21 Å². The summed E-state index contributed by atoms with van der Waals surface area (Å²) in [4.78, 5) is 14.8. The molecule has 0 spiro atoms. The Kier molecular flexibility index (Phi) is 4.95. The van der Waals surface area contributed by atoms with Crippen molar-refractivity contribution >= 4 is 21.8 Å². The van der Waals surface area contributed by atoms with E-state index in [1.165, 1.54) is 12.8 Å². The standard InChI is InChI=1S/C17H19BrN2O2/c18-16-9-8-15(22-16)17(21)19-14(12-20-10-4-5-11-20)13-6-2-1-3-7-13/h1-3,6-9,14H,4-5,10-12H2,(H,19,21). The number of nitrogens with one attached hydrogen (secondary N) is 1. The van der Waals surface area contributed by atoms with Gasteiger partial charge in [0.15, 0.2) is 10.4 Å². The molecule has 1 atom stereocenters. The molecule has 0 saturated carbocycles. The van der Waals surface area contributed by atoms with E-state index < -0.39 is 0 Å². The first-order chi connectivity index (χ1) is 10.7. The number of benzene rings is 1. The monoisotopic (exact) mass is 362 g/mol. The lowest BCUT2D eigenvalue weighted by Gasteiger charge is -2.24. The van der Waals surface area contributed by atoms with Crippen LogP contribution in [-0.4, -0.2) is 30.4 Å². The lowest BCUT2D eigenvalue weighted by Crippen LogP contribution is -2.36. The Morgan fingerprint density at radius 3 is 2.55 bits per heavy atom. The average molecular weight is 363 g/mol. The maximum absolute atomic E-state index is 12.4. The number of halogens is 1. The summed E-state index contributed by atoms with van der Waals surface area (Å²) in [6.45, 7) is 3.04. The van der Waals surface area contributed by atoms with Gasteiger partial charge in [0, 0.05) is 6.54 Å². The van der Waals surface area contributed by atoms with Gasteiger partial charge in [-0.3, -0.25) is 4.79 Å². The van der Waals surface area contributed by atoms with E-state index >= 15 is 0 Å². The van der Waals surface area contributed by atoms with Crippen LogP contribution < -0.4 is 5.32 Å². The van der Waals surface area contributed by atoms with Gasteiger partial charge in [0.25, 0.3) is 5.91 Å². The highest BCUT2D eigenvalue weighted by Crippen LogP contribution is 2.19. The number of carbonyl (C=O) groups excluding carboxylic acids is 1. The quantitative estimate of drug-likeness (QED) is 0.883. The summed E-state index contributed by atoms with van der Waals surface area (Å²) in [5, 5.41) is 3.09. The van der Waals surface area contributed by atoms with E-state index in [0.717, 1.165) is 25.2 Å². The number of likely N-dealkylation sites (tertiary alicyclic amines) is 1. The van der Waals surface area contributed by atoms with Crippen molar-refractivity contribution in [2.75, 3.05) is 19.6 Å². The Morgan fingerprint density at radius 1 is 1.18 bits per heavy atom. The molecule has 3 rings (SSSR count). The first-order valence-corrected chi connectivity index (χ1v) is 8.35. The third-order valence-corrected chi connectivity index (χ3v) is 4.37. The Bertz CT molecular complexity index is 621. The van der Waals surface area contributed by atoms with Crippen LogP contribution in [0.2, 0.25) is 0 Å². The van der Waals surface area contributed by atoms with Gasteiger partial charge < -0.3 is 14.6 Å². The molecule has 5 heteroatoms. The third-order valence-electron chi connectivity index (χ3n) is 3.94. The lowest BCUT2D eigenvalue weighted by molar-refractivity contribution is 0.0898. The normalized spacial score (nSPS) is 16.6. The predicted molar refractivity (Wildman–Crippen MR) is 88.7 cm³/mol. The maximum atomic E-state index is 12.4. The minimum Gasteiger partial charge on any atom is -0.444 e. The van der Waals surface area contributed by atoms with E-state index in [2.05, 4.69) is 38.3 Å². The Hall–Kier alpha value is -1.59. The smallest absolute Gasteiger partial charge is 0.287 e. The minimum atomic E-state index is -0.182. The Labute approximate surface area is 138 Å². The number of carbonyl (C=O) groups is 1. The molecule has 4 nitrogen and oxygen atoms in total. The van der Waals surface area contributed by atoms with Crippen molar-refractivity contribution in [3.8, 4) is 0 Å². The molecule has 0 bridgehead atoms. The molecular formula is C17H19BrN2O2. The topological polar surface area (TPSA) is 45.5 Å². The summed E-state index contributed by atoms with van der Waals surface area (Å²) in [7, 11) is 0. The fraction of sp³-hybridized carbons (Fsp3) is 0.353. The largest absolute Gasteiger partial charge is 0.444 e. The van der Waals surface area contributed by atoms with Gasteiger partial charge >= 0.3 is 0 Å². The number of hydrogen-bond donors (Lipinski definition) is 1. The molecular weight excluding hydrogens is 344 g/mol. The van der Waals surface area contributed by atoms with Gasteiger partial charge in [0.2, 0.25) is 0 Å². The fourth-order valence-corrected chi connectivity index (χ4v) is 3.12. The van der Waals surface area contributed by atoms with Crippen LogP contribution in [0.25, 0.3) is 0 Å². The summed E-state index contributed by atoms with van der Waals surface area (Å²) in [5.41, 5.74) is 1.12. The van der Waals surface area contributed by atoms with E-state index in [1.54, 1.807) is 12.1 Å². The van der Waals surface area contributed by atoms with Gasteiger partial charge in [0.1, 0.15) is 0 Å².